The molecule has 3 heteroatoms. The molecule has 0 radical (unpaired) electrons. The Morgan fingerprint density at radius 2 is 2.55 bits per heavy atom. The molecular formula is C8H9NO2. The molecule has 2 aliphatic rings. The highest BCUT2D eigenvalue weighted by atomic mass is 16.5. The van der Waals surface area contributed by atoms with Gasteiger partial charge in [-0.25, -0.2) is 0 Å². The quantitative estimate of drug-likeness (QED) is 0.514. The number of ether oxygens (including phenoxy) is 1. The summed E-state index contributed by atoms with van der Waals surface area (Å²) in [6, 6.07) is 0. The average Bonchev–Trinajstić information content (AvgIpc) is 2.06. The van der Waals surface area contributed by atoms with E-state index in [1.54, 1.807) is 0 Å². The largest absolute Gasteiger partial charge is 0.444 e. The van der Waals surface area contributed by atoms with Crippen molar-refractivity contribution in [1.29, 1.82) is 0 Å². The van der Waals surface area contributed by atoms with E-state index in [1.807, 2.05) is 18.2 Å². The Morgan fingerprint density at radius 3 is 3.36 bits per heavy atom. The van der Waals surface area contributed by atoms with Gasteiger partial charge in [0.15, 0.2) is 6.73 Å². The van der Waals surface area contributed by atoms with Crippen molar-refractivity contribution in [1.82, 2.24) is 5.32 Å². The van der Waals surface area contributed by atoms with Gasteiger partial charge in [0.25, 0.3) is 0 Å². The van der Waals surface area contributed by atoms with E-state index in [2.05, 4.69) is 5.32 Å². The third-order valence-corrected chi connectivity index (χ3v) is 1.93. The van der Waals surface area contributed by atoms with Crippen LogP contribution in [-0.2, 0) is 9.53 Å². The summed E-state index contributed by atoms with van der Waals surface area (Å²) in [5, 5.41) is 3.02. The first-order valence-corrected chi connectivity index (χ1v) is 3.65. The summed E-state index contributed by atoms with van der Waals surface area (Å²) in [6.45, 7) is 0.314. The third kappa shape index (κ3) is 1.02. The minimum Gasteiger partial charge on any atom is -0.444 e. The van der Waals surface area contributed by atoms with Gasteiger partial charge in [-0.05, 0) is 12.5 Å². The Kier molecular flexibility index (Phi) is 1.42. The van der Waals surface area contributed by atoms with Gasteiger partial charge in [0.1, 0.15) is 5.92 Å². The summed E-state index contributed by atoms with van der Waals surface area (Å²) < 4.78 is 4.82. The number of hydrogen-bond donors (Lipinski definition) is 1. The molecule has 1 aliphatic carbocycles. The van der Waals surface area contributed by atoms with Crippen LogP contribution < -0.4 is 5.32 Å². The Morgan fingerprint density at radius 1 is 1.64 bits per heavy atom. The van der Waals surface area contributed by atoms with Crippen molar-refractivity contribution in [2.75, 3.05) is 6.73 Å². The van der Waals surface area contributed by atoms with E-state index < -0.39 is 0 Å². The van der Waals surface area contributed by atoms with E-state index in [0.717, 1.165) is 12.1 Å². The smallest absolute Gasteiger partial charge is 0.316 e. The highest BCUT2D eigenvalue weighted by Gasteiger charge is 2.27. The molecule has 0 amide bonds. The standard InChI is InChI=1S/C8H9NO2/c10-8-6-3-1-2-4-7(6)9-5-11-8/h1-2,4,6,9H,3,5H2. The van der Waals surface area contributed by atoms with Gasteiger partial charge in [-0.15, -0.1) is 0 Å². The molecule has 58 valence electrons. The number of nitrogens with one attached hydrogen (secondary N) is 1. The summed E-state index contributed by atoms with van der Waals surface area (Å²) in [5.41, 5.74) is 0.990. The summed E-state index contributed by atoms with van der Waals surface area (Å²) >= 11 is 0. The van der Waals surface area contributed by atoms with Gasteiger partial charge >= 0.3 is 5.97 Å². The van der Waals surface area contributed by atoms with Crippen LogP contribution in [0.3, 0.4) is 0 Å². The molecule has 1 heterocycles. The first-order valence-electron chi connectivity index (χ1n) is 3.65. The van der Waals surface area contributed by atoms with Crippen LogP contribution in [0.2, 0.25) is 0 Å². The van der Waals surface area contributed by atoms with Crippen LogP contribution in [0.1, 0.15) is 6.42 Å². The lowest BCUT2D eigenvalue weighted by Crippen LogP contribution is -2.37. The van der Waals surface area contributed by atoms with Gasteiger partial charge in [0.05, 0.1) is 0 Å². The van der Waals surface area contributed by atoms with Crippen LogP contribution in [0.15, 0.2) is 23.9 Å². The van der Waals surface area contributed by atoms with Crippen molar-refractivity contribution >= 4 is 5.97 Å². The maximum Gasteiger partial charge on any atom is 0.316 e. The number of carbonyl (C=O) groups excluding carboxylic acids is 1. The lowest BCUT2D eigenvalue weighted by Gasteiger charge is -2.26. The minimum absolute atomic E-state index is 0.0752. The van der Waals surface area contributed by atoms with Crippen LogP contribution in [0.25, 0.3) is 0 Å². The Bertz CT molecular complexity index is 242. The Labute approximate surface area is 64.7 Å². The molecule has 1 aliphatic heterocycles. The molecule has 0 saturated carbocycles. The number of allylic oxidation sites excluding steroid dienone is 3. The van der Waals surface area contributed by atoms with Crippen LogP contribution in [0.5, 0.6) is 0 Å². The van der Waals surface area contributed by atoms with E-state index in [1.165, 1.54) is 0 Å². The zero-order valence-electron chi connectivity index (χ0n) is 6.04. The zero-order valence-corrected chi connectivity index (χ0v) is 6.04. The van der Waals surface area contributed by atoms with E-state index in [9.17, 15) is 4.79 Å². The lowest BCUT2D eigenvalue weighted by molar-refractivity contribution is -0.150. The van der Waals surface area contributed by atoms with Crippen LogP contribution in [-0.4, -0.2) is 12.7 Å². The number of carbonyl (C=O) groups is 1. The van der Waals surface area contributed by atoms with E-state index in [4.69, 9.17) is 4.74 Å². The molecule has 1 atom stereocenters. The van der Waals surface area contributed by atoms with Gasteiger partial charge in [-0.1, -0.05) is 12.2 Å². The fraction of sp³-hybridized carbons (Fsp3) is 0.375. The van der Waals surface area contributed by atoms with Crippen LogP contribution >= 0.6 is 0 Å². The molecule has 0 bridgehead atoms. The van der Waals surface area contributed by atoms with Crippen molar-refractivity contribution < 1.29 is 9.53 Å². The number of rotatable bonds is 0. The lowest BCUT2D eigenvalue weighted by atomic mass is 9.96. The molecule has 1 N–H and O–H groups in total. The van der Waals surface area contributed by atoms with Gasteiger partial charge in [-0.2, -0.15) is 0 Å². The molecule has 3 nitrogen and oxygen atoms in total. The van der Waals surface area contributed by atoms with Gasteiger partial charge < -0.3 is 10.1 Å². The van der Waals surface area contributed by atoms with Crippen molar-refractivity contribution in [3.8, 4) is 0 Å². The van der Waals surface area contributed by atoms with Crippen molar-refractivity contribution in [2.24, 2.45) is 5.92 Å². The molecule has 11 heavy (non-hydrogen) atoms. The van der Waals surface area contributed by atoms with E-state index in [-0.39, 0.29) is 11.9 Å². The summed E-state index contributed by atoms with van der Waals surface area (Å²) in [6.07, 6.45) is 6.62. The van der Waals surface area contributed by atoms with Gasteiger partial charge in [0.2, 0.25) is 0 Å². The Balaban J connectivity index is 2.24. The third-order valence-electron chi connectivity index (χ3n) is 1.93. The van der Waals surface area contributed by atoms with Crippen molar-refractivity contribution in [3.63, 3.8) is 0 Å². The summed E-state index contributed by atoms with van der Waals surface area (Å²) in [4.78, 5) is 11.1. The second-order valence-corrected chi connectivity index (χ2v) is 2.62. The molecule has 0 spiro atoms. The zero-order chi connectivity index (χ0) is 7.68. The van der Waals surface area contributed by atoms with Crippen LogP contribution in [0, 0.1) is 5.92 Å². The first-order chi connectivity index (χ1) is 5.38. The monoisotopic (exact) mass is 151 g/mol. The topological polar surface area (TPSA) is 38.3 Å². The molecule has 2 rings (SSSR count). The molecule has 1 unspecified atom stereocenters. The van der Waals surface area contributed by atoms with Crippen molar-refractivity contribution in [3.05, 3.63) is 23.9 Å². The number of fused-ring (bicyclic) bond motifs is 1. The SMILES string of the molecule is O=C1OCNC2=CC=CCC12. The highest BCUT2D eigenvalue weighted by Crippen LogP contribution is 2.22. The first kappa shape index (κ1) is 6.46. The summed E-state index contributed by atoms with van der Waals surface area (Å²) in [7, 11) is 0. The maximum absolute atomic E-state index is 11.1. The number of esters is 1. The molecule has 0 aromatic carbocycles. The molecular weight excluding hydrogens is 142 g/mol. The number of cyclic esters (lactones) is 1. The second-order valence-electron chi connectivity index (χ2n) is 2.62. The maximum atomic E-state index is 11.1. The predicted octanol–water partition coefficient (Wildman–Crippen LogP) is 0.550. The second kappa shape index (κ2) is 2.42. The predicted molar refractivity (Wildman–Crippen MR) is 39.4 cm³/mol. The number of hydrogen-bond acceptors (Lipinski definition) is 3. The minimum atomic E-state index is -0.112. The summed E-state index contributed by atoms with van der Waals surface area (Å²) in [5.74, 6) is -0.187. The van der Waals surface area contributed by atoms with Crippen LogP contribution in [0.4, 0.5) is 0 Å². The van der Waals surface area contributed by atoms with E-state index >= 15 is 0 Å². The highest BCUT2D eigenvalue weighted by molar-refractivity contribution is 5.77. The average molecular weight is 151 g/mol. The van der Waals surface area contributed by atoms with Crippen molar-refractivity contribution in [2.45, 2.75) is 6.42 Å². The van der Waals surface area contributed by atoms with Gasteiger partial charge in [0, 0.05) is 5.70 Å². The Hall–Kier alpha value is -1.25. The molecule has 1 saturated heterocycles. The normalized spacial score (nSPS) is 28.2. The fourth-order valence-electron chi connectivity index (χ4n) is 1.33. The fourth-order valence-corrected chi connectivity index (χ4v) is 1.33. The van der Waals surface area contributed by atoms with E-state index in [0.29, 0.717) is 6.73 Å². The molecule has 1 fully saturated rings. The molecule has 0 aromatic rings. The van der Waals surface area contributed by atoms with Gasteiger partial charge in [-0.3, -0.25) is 4.79 Å². The molecule has 0 aromatic heterocycles.